The Labute approximate surface area is 163 Å². The lowest BCUT2D eigenvalue weighted by Crippen LogP contribution is -2.22. The minimum atomic E-state index is -0.636. The Kier molecular flexibility index (Phi) is 6.23. The van der Waals surface area contributed by atoms with Crippen LogP contribution in [0.15, 0.2) is 18.2 Å². The van der Waals surface area contributed by atoms with E-state index in [1.165, 1.54) is 6.07 Å². The van der Waals surface area contributed by atoms with Gasteiger partial charge in [-0.1, -0.05) is 6.07 Å². The predicted octanol–water partition coefficient (Wildman–Crippen LogP) is 4.01. The van der Waals surface area contributed by atoms with Gasteiger partial charge >= 0.3 is 5.97 Å². The molecule has 0 bridgehead atoms. The number of carbonyl (C=O) groups is 2. The number of benzene rings is 1. The van der Waals surface area contributed by atoms with Crippen molar-refractivity contribution in [2.45, 2.75) is 47.6 Å². The van der Waals surface area contributed by atoms with Crippen LogP contribution < -0.4 is 5.32 Å². The summed E-state index contributed by atoms with van der Waals surface area (Å²) in [5.74, 6) is -1.24. The van der Waals surface area contributed by atoms with E-state index >= 15 is 0 Å². The first kappa shape index (κ1) is 21.1. The molecule has 0 unspecified atom stereocenters. The summed E-state index contributed by atoms with van der Waals surface area (Å²) in [6.45, 7) is 10.7. The first-order chi connectivity index (χ1) is 13.0. The Balaban J connectivity index is 2.12. The van der Waals surface area contributed by atoms with Crippen molar-refractivity contribution in [2.24, 2.45) is 0 Å². The van der Waals surface area contributed by atoms with Gasteiger partial charge < -0.3 is 14.6 Å². The first-order valence-corrected chi connectivity index (χ1v) is 8.94. The van der Waals surface area contributed by atoms with Crippen LogP contribution in [0.5, 0.6) is 0 Å². The van der Waals surface area contributed by atoms with Gasteiger partial charge in [-0.25, -0.2) is 4.79 Å². The van der Waals surface area contributed by atoms with Crippen LogP contribution in [0.3, 0.4) is 0 Å². The summed E-state index contributed by atoms with van der Waals surface area (Å²) in [6.07, 6.45) is 0. The van der Waals surface area contributed by atoms with Crippen molar-refractivity contribution < 1.29 is 19.2 Å². The number of carbonyl (C=O) groups excluding carboxylic acids is 2. The fourth-order valence-electron chi connectivity index (χ4n) is 3.27. The van der Waals surface area contributed by atoms with E-state index in [0.717, 1.165) is 17.0 Å². The number of nitrogens with zero attached hydrogens (tertiary/aromatic N) is 2. The van der Waals surface area contributed by atoms with E-state index in [1.54, 1.807) is 26.0 Å². The summed E-state index contributed by atoms with van der Waals surface area (Å²) in [7, 11) is 0. The van der Waals surface area contributed by atoms with E-state index in [0.29, 0.717) is 11.1 Å². The first-order valence-electron chi connectivity index (χ1n) is 8.94. The molecule has 150 valence electrons. The Bertz CT molecular complexity index is 944. The molecule has 1 N–H and O–H groups in total. The van der Waals surface area contributed by atoms with Crippen LogP contribution in [0.4, 0.5) is 11.4 Å². The SMILES string of the molecule is Cc1ccc([N+](=O)[O-])c(NC(=O)COC(=O)c2cc(C)n(C(C)C)c2C)c1C. The second kappa shape index (κ2) is 8.24. The Hall–Kier alpha value is -3.16. The van der Waals surface area contributed by atoms with E-state index in [2.05, 4.69) is 5.32 Å². The second-order valence-corrected chi connectivity index (χ2v) is 7.03. The highest BCUT2D eigenvalue weighted by atomic mass is 16.6. The van der Waals surface area contributed by atoms with Crippen LogP contribution in [0.1, 0.15) is 52.8 Å². The molecular formula is C20H25N3O5. The molecule has 0 fully saturated rings. The molecule has 1 heterocycles. The molecule has 0 atom stereocenters. The normalized spacial score (nSPS) is 10.8. The van der Waals surface area contributed by atoms with Crippen molar-refractivity contribution in [2.75, 3.05) is 11.9 Å². The number of rotatable bonds is 6. The topological polar surface area (TPSA) is 103 Å². The lowest BCUT2D eigenvalue weighted by molar-refractivity contribution is -0.384. The summed E-state index contributed by atoms with van der Waals surface area (Å²) < 4.78 is 7.14. The molecule has 28 heavy (non-hydrogen) atoms. The Morgan fingerprint density at radius 2 is 1.86 bits per heavy atom. The Morgan fingerprint density at radius 3 is 2.39 bits per heavy atom. The van der Waals surface area contributed by atoms with Gasteiger partial charge in [-0.2, -0.15) is 0 Å². The molecule has 0 aliphatic heterocycles. The maximum Gasteiger partial charge on any atom is 0.340 e. The summed E-state index contributed by atoms with van der Waals surface area (Å²) in [5, 5.41) is 13.7. The van der Waals surface area contributed by atoms with Gasteiger partial charge in [0.25, 0.3) is 11.6 Å². The summed E-state index contributed by atoms with van der Waals surface area (Å²) in [6, 6.07) is 4.87. The van der Waals surface area contributed by atoms with E-state index < -0.39 is 23.4 Å². The number of hydrogen-bond donors (Lipinski definition) is 1. The molecule has 1 amide bonds. The zero-order chi connectivity index (χ0) is 21.2. The molecule has 8 nitrogen and oxygen atoms in total. The molecule has 2 aromatic rings. The van der Waals surface area contributed by atoms with Gasteiger partial charge in [-0.3, -0.25) is 14.9 Å². The largest absolute Gasteiger partial charge is 0.452 e. The molecule has 0 aliphatic carbocycles. The van der Waals surface area contributed by atoms with Crippen LogP contribution in [0, 0.1) is 37.8 Å². The van der Waals surface area contributed by atoms with Crippen LogP contribution >= 0.6 is 0 Å². The fraction of sp³-hybridized carbons (Fsp3) is 0.400. The number of aryl methyl sites for hydroxylation is 2. The molecule has 0 radical (unpaired) electrons. The molecule has 8 heteroatoms. The quantitative estimate of drug-likeness (QED) is 0.458. The van der Waals surface area contributed by atoms with E-state index in [9.17, 15) is 19.7 Å². The lowest BCUT2D eigenvalue weighted by atomic mass is 10.1. The smallest absolute Gasteiger partial charge is 0.340 e. The van der Waals surface area contributed by atoms with Crippen molar-refractivity contribution >= 4 is 23.3 Å². The van der Waals surface area contributed by atoms with Crippen molar-refractivity contribution in [3.63, 3.8) is 0 Å². The average molecular weight is 387 g/mol. The molecular weight excluding hydrogens is 362 g/mol. The highest BCUT2D eigenvalue weighted by Gasteiger charge is 2.22. The van der Waals surface area contributed by atoms with Gasteiger partial charge in [0, 0.05) is 23.5 Å². The monoisotopic (exact) mass is 387 g/mol. The Morgan fingerprint density at radius 1 is 1.21 bits per heavy atom. The van der Waals surface area contributed by atoms with Gasteiger partial charge in [-0.05, 0) is 58.7 Å². The van der Waals surface area contributed by atoms with Crippen molar-refractivity contribution in [3.05, 3.63) is 56.4 Å². The van der Waals surface area contributed by atoms with E-state index in [4.69, 9.17) is 4.74 Å². The molecule has 0 saturated heterocycles. The number of esters is 1. The third-order valence-corrected chi connectivity index (χ3v) is 4.73. The third-order valence-electron chi connectivity index (χ3n) is 4.73. The highest BCUT2D eigenvalue weighted by molar-refractivity contribution is 5.98. The second-order valence-electron chi connectivity index (χ2n) is 7.03. The predicted molar refractivity (Wildman–Crippen MR) is 106 cm³/mol. The zero-order valence-electron chi connectivity index (χ0n) is 17.0. The molecule has 2 rings (SSSR count). The van der Waals surface area contributed by atoms with Gasteiger partial charge in [0.1, 0.15) is 5.69 Å². The van der Waals surface area contributed by atoms with Gasteiger partial charge in [-0.15, -0.1) is 0 Å². The third kappa shape index (κ3) is 4.21. The van der Waals surface area contributed by atoms with Crippen LogP contribution in [-0.2, 0) is 9.53 Å². The number of nitro benzene ring substituents is 1. The number of anilines is 1. The van der Waals surface area contributed by atoms with Gasteiger partial charge in [0.15, 0.2) is 6.61 Å². The maximum atomic E-state index is 12.4. The molecule has 0 saturated carbocycles. The number of ether oxygens (including phenoxy) is 1. The van der Waals surface area contributed by atoms with E-state index in [-0.39, 0.29) is 17.4 Å². The molecule has 0 aliphatic rings. The molecule has 1 aromatic heterocycles. The molecule has 0 spiro atoms. The zero-order valence-corrected chi connectivity index (χ0v) is 17.0. The fourth-order valence-corrected chi connectivity index (χ4v) is 3.27. The van der Waals surface area contributed by atoms with Crippen LogP contribution in [-0.4, -0.2) is 28.0 Å². The number of hydrogen-bond acceptors (Lipinski definition) is 5. The number of nitrogens with one attached hydrogen (secondary N) is 1. The standard InChI is InChI=1S/C20H25N3O5/c1-11(2)22-13(4)9-16(15(22)6)20(25)28-10-18(24)21-19-14(5)12(3)7-8-17(19)23(26)27/h7-9,11H,10H2,1-6H3,(H,21,24). The summed E-state index contributed by atoms with van der Waals surface area (Å²) >= 11 is 0. The number of aromatic nitrogens is 1. The maximum absolute atomic E-state index is 12.4. The minimum absolute atomic E-state index is 0.115. The number of nitro groups is 1. The van der Waals surface area contributed by atoms with Crippen molar-refractivity contribution in [1.82, 2.24) is 4.57 Å². The highest BCUT2D eigenvalue weighted by Crippen LogP contribution is 2.30. The minimum Gasteiger partial charge on any atom is -0.452 e. The number of amides is 1. The lowest BCUT2D eigenvalue weighted by Gasteiger charge is -2.13. The van der Waals surface area contributed by atoms with Gasteiger partial charge in [0.2, 0.25) is 0 Å². The van der Waals surface area contributed by atoms with Gasteiger partial charge in [0.05, 0.1) is 10.5 Å². The summed E-state index contributed by atoms with van der Waals surface area (Å²) in [4.78, 5) is 35.3. The van der Waals surface area contributed by atoms with E-state index in [1.807, 2.05) is 32.3 Å². The molecule has 1 aromatic carbocycles. The van der Waals surface area contributed by atoms with Crippen molar-refractivity contribution in [1.29, 1.82) is 0 Å². The average Bonchev–Trinajstić information content (AvgIpc) is 2.91. The van der Waals surface area contributed by atoms with Crippen molar-refractivity contribution in [3.8, 4) is 0 Å². The van der Waals surface area contributed by atoms with Crippen LogP contribution in [0.2, 0.25) is 0 Å². The van der Waals surface area contributed by atoms with Crippen LogP contribution in [0.25, 0.3) is 0 Å². The summed E-state index contributed by atoms with van der Waals surface area (Å²) in [5.41, 5.74) is 3.40.